The van der Waals surface area contributed by atoms with Crippen molar-refractivity contribution in [3.63, 3.8) is 0 Å². The molecular weight excluding hydrogens is 263 g/mol. The van der Waals surface area contributed by atoms with Gasteiger partial charge in [-0.3, -0.25) is 15.2 Å². The number of carbonyl (C=O) groups excluding carboxylic acids is 1. The molecule has 1 amide bonds. The maximum Gasteiger partial charge on any atom is 0.285 e. The molecule has 0 saturated heterocycles. The number of ether oxygens (including phenoxy) is 1. The summed E-state index contributed by atoms with van der Waals surface area (Å²) in [5.74, 6) is 4.35. The number of aromatic nitrogens is 2. The third-order valence-electron chi connectivity index (χ3n) is 2.53. The molecule has 7 heteroatoms. The highest BCUT2D eigenvalue weighted by Crippen LogP contribution is 2.24. The molecule has 6 nitrogen and oxygen atoms in total. The molecule has 0 radical (unpaired) electrons. The first-order valence-corrected chi connectivity index (χ1v) is 5.91. The molecule has 0 unspecified atom stereocenters. The topological polar surface area (TPSA) is 90.1 Å². The number of benzene rings is 1. The number of hydrogen-bond donors (Lipinski definition) is 2. The minimum absolute atomic E-state index is 0.0123. The summed E-state index contributed by atoms with van der Waals surface area (Å²) in [4.78, 5) is 19.2. The van der Waals surface area contributed by atoms with Gasteiger partial charge in [-0.25, -0.2) is 15.2 Å². The number of hydrogen-bond acceptors (Lipinski definition) is 5. The zero-order valence-electron chi connectivity index (χ0n) is 10.8. The highest BCUT2D eigenvalue weighted by Gasteiger charge is 2.12. The second-order valence-corrected chi connectivity index (χ2v) is 3.84. The van der Waals surface area contributed by atoms with E-state index in [2.05, 4.69) is 9.97 Å². The molecule has 1 heterocycles. The Balaban J connectivity index is 2.38. The van der Waals surface area contributed by atoms with Gasteiger partial charge in [0, 0.05) is 11.6 Å². The first-order chi connectivity index (χ1) is 9.65. The van der Waals surface area contributed by atoms with Gasteiger partial charge in [0.1, 0.15) is 17.3 Å². The lowest BCUT2D eigenvalue weighted by Crippen LogP contribution is -2.30. The lowest BCUT2D eigenvalue weighted by molar-refractivity contribution is 0.0948. The standard InChI is InChI=1S/C13H13FN4O2/c1-2-20-8-3-4-9(10(14)5-8)11-6-16-7-12(17-11)13(19)18-15/h3-7H,2,15H2,1H3,(H,18,19). The summed E-state index contributed by atoms with van der Waals surface area (Å²) in [7, 11) is 0. The maximum absolute atomic E-state index is 14.0. The summed E-state index contributed by atoms with van der Waals surface area (Å²) in [6.07, 6.45) is 2.62. The van der Waals surface area contributed by atoms with Crippen molar-refractivity contribution in [3.8, 4) is 17.0 Å². The molecule has 2 aromatic rings. The molecule has 0 spiro atoms. The number of hydrazine groups is 1. The largest absolute Gasteiger partial charge is 0.494 e. The van der Waals surface area contributed by atoms with Gasteiger partial charge >= 0.3 is 0 Å². The predicted octanol–water partition coefficient (Wildman–Crippen LogP) is 1.28. The summed E-state index contributed by atoms with van der Waals surface area (Å²) < 4.78 is 19.2. The van der Waals surface area contributed by atoms with Gasteiger partial charge in [0.05, 0.1) is 24.7 Å². The van der Waals surface area contributed by atoms with Crippen LogP contribution in [0.5, 0.6) is 5.75 Å². The van der Waals surface area contributed by atoms with Crippen molar-refractivity contribution in [2.45, 2.75) is 6.92 Å². The number of nitrogens with two attached hydrogens (primary N) is 1. The lowest BCUT2D eigenvalue weighted by Gasteiger charge is -2.07. The van der Waals surface area contributed by atoms with Crippen LogP contribution in [0, 0.1) is 5.82 Å². The van der Waals surface area contributed by atoms with E-state index >= 15 is 0 Å². The molecule has 3 N–H and O–H groups in total. The van der Waals surface area contributed by atoms with Crippen molar-refractivity contribution < 1.29 is 13.9 Å². The Bertz CT molecular complexity index is 634. The van der Waals surface area contributed by atoms with Gasteiger partial charge < -0.3 is 4.74 Å². The van der Waals surface area contributed by atoms with E-state index in [1.165, 1.54) is 24.5 Å². The van der Waals surface area contributed by atoms with Crippen LogP contribution >= 0.6 is 0 Å². The second-order valence-electron chi connectivity index (χ2n) is 3.84. The number of halogens is 1. The summed E-state index contributed by atoms with van der Waals surface area (Å²) in [6.45, 7) is 2.26. The molecule has 0 saturated carbocycles. The number of amides is 1. The van der Waals surface area contributed by atoms with E-state index in [9.17, 15) is 9.18 Å². The van der Waals surface area contributed by atoms with Crippen LogP contribution in [0.25, 0.3) is 11.3 Å². The molecule has 0 bridgehead atoms. The first-order valence-electron chi connectivity index (χ1n) is 5.91. The van der Waals surface area contributed by atoms with Gasteiger partial charge in [0.25, 0.3) is 5.91 Å². The molecule has 0 aliphatic heterocycles. The molecule has 1 aromatic carbocycles. The van der Waals surface area contributed by atoms with E-state index in [1.54, 1.807) is 6.07 Å². The number of carbonyl (C=O) groups is 1. The highest BCUT2D eigenvalue weighted by molar-refractivity contribution is 5.91. The Kier molecular flexibility index (Phi) is 4.21. The van der Waals surface area contributed by atoms with Gasteiger partial charge in [0.15, 0.2) is 0 Å². The van der Waals surface area contributed by atoms with Crippen molar-refractivity contribution in [1.82, 2.24) is 15.4 Å². The minimum atomic E-state index is -0.592. The zero-order valence-corrected chi connectivity index (χ0v) is 10.8. The van der Waals surface area contributed by atoms with E-state index < -0.39 is 11.7 Å². The van der Waals surface area contributed by atoms with E-state index in [4.69, 9.17) is 10.6 Å². The number of nitrogen functional groups attached to an aromatic ring is 1. The molecule has 2 rings (SSSR count). The predicted molar refractivity (Wildman–Crippen MR) is 70.2 cm³/mol. The number of nitrogens with zero attached hydrogens (tertiary/aromatic N) is 2. The van der Waals surface area contributed by atoms with Crippen LogP contribution < -0.4 is 16.0 Å². The molecule has 0 aliphatic carbocycles. The normalized spacial score (nSPS) is 10.2. The molecule has 20 heavy (non-hydrogen) atoms. The van der Waals surface area contributed by atoms with Crippen LogP contribution in [0.4, 0.5) is 4.39 Å². The molecular formula is C13H13FN4O2. The minimum Gasteiger partial charge on any atom is -0.494 e. The monoisotopic (exact) mass is 276 g/mol. The fraction of sp³-hybridized carbons (Fsp3) is 0.154. The van der Waals surface area contributed by atoms with Gasteiger partial charge in [-0.1, -0.05) is 0 Å². The van der Waals surface area contributed by atoms with Gasteiger partial charge in [-0.2, -0.15) is 0 Å². The van der Waals surface area contributed by atoms with Crippen molar-refractivity contribution in [1.29, 1.82) is 0 Å². The van der Waals surface area contributed by atoms with Crippen molar-refractivity contribution in [3.05, 3.63) is 42.1 Å². The van der Waals surface area contributed by atoms with Gasteiger partial charge in [-0.05, 0) is 19.1 Å². The molecule has 1 aromatic heterocycles. The molecule has 104 valence electrons. The Morgan fingerprint density at radius 3 is 2.90 bits per heavy atom. The van der Waals surface area contributed by atoms with Crippen LogP contribution in [-0.2, 0) is 0 Å². The Hall–Kier alpha value is -2.54. The van der Waals surface area contributed by atoms with E-state index in [-0.39, 0.29) is 17.0 Å². The second kappa shape index (κ2) is 6.07. The van der Waals surface area contributed by atoms with Crippen LogP contribution in [0.3, 0.4) is 0 Å². The van der Waals surface area contributed by atoms with Crippen LogP contribution in [0.15, 0.2) is 30.6 Å². The summed E-state index contributed by atoms with van der Waals surface area (Å²) >= 11 is 0. The Morgan fingerprint density at radius 1 is 1.45 bits per heavy atom. The Morgan fingerprint density at radius 2 is 2.25 bits per heavy atom. The number of rotatable bonds is 4. The third-order valence-corrected chi connectivity index (χ3v) is 2.53. The lowest BCUT2D eigenvalue weighted by atomic mass is 10.1. The summed E-state index contributed by atoms with van der Waals surface area (Å²) in [6, 6.07) is 4.41. The van der Waals surface area contributed by atoms with Crippen molar-refractivity contribution >= 4 is 5.91 Å². The third kappa shape index (κ3) is 2.89. The van der Waals surface area contributed by atoms with Crippen LogP contribution in [0.2, 0.25) is 0 Å². The van der Waals surface area contributed by atoms with E-state index in [0.29, 0.717) is 12.4 Å². The fourth-order valence-electron chi connectivity index (χ4n) is 1.64. The van der Waals surface area contributed by atoms with E-state index in [0.717, 1.165) is 0 Å². The highest BCUT2D eigenvalue weighted by atomic mass is 19.1. The summed E-state index contributed by atoms with van der Waals surface area (Å²) in [5, 5.41) is 0. The zero-order chi connectivity index (χ0) is 14.5. The average Bonchev–Trinajstić information content (AvgIpc) is 2.47. The SMILES string of the molecule is CCOc1ccc(-c2cncc(C(=O)NN)n2)c(F)c1. The molecule has 0 fully saturated rings. The quantitative estimate of drug-likeness (QED) is 0.499. The van der Waals surface area contributed by atoms with E-state index in [1.807, 2.05) is 12.3 Å². The summed E-state index contributed by atoms with van der Waals surface area (Å²) in [5.41, 5.74) is 2.43. The molecule has 0 atom stereocenters. The Labute approximate surface area is 114 Å². The van der Waals surface area contributed by atoms with Crippen LogP contribution in [0.1, 0.15) is 17.4 Å². The first kappa shape index (κ1) is 13.9. The molecule has 0 aliphatic rings. The van der Waals surface area contributed by atoms with Crippen molar-refractivity contribution in [2.75, 3.05) is 6.61 Å². The van der Waals surface area contributed by atoms with Gasteiger partial charge in [0.2, 0.25) is 0 Å². The van der Waals surface area contributed by atoms with Crippen LogP contribution in [-0.4, -0.2) is 22.5 Å². The smallest absolute Gasteiger partial charge is 0.285 e. The number of nitrogens with one attached hydrogen (secondary N) is 1. The van der Waals surface area contributed by atoms with Crippen molar-refractivity contribution in [2.24, 2.45) is 5.84 Å². The maximum atomic E-state index is 14.0. The van der Waals surface area contributed by atoms with Gasteiger partial charge in [-0.15, -0.1) is 0 Å². The fourth-order valence-corrected chi connectivity index (χ4v) is 1.64. The average molecular weight is 276 g/mol.